The second kappa shape index (κ2) is 13.8. The van der Waals surface area contributed by atoms with Gasteiger partial charge < -0.3 is 4.90 Å². The number of anilines is 3. The van der Waals surface area contributed by atoms with Gasteiger partial charge in [0.05, 0.1) is 10.8 Å². The lowest BCUT2D eigenvalue weighted by Crippen LogP contribution is -2.30. The van der Waals surface area contributed by atoms with Gasteiger partial charge in [0.15, 0.2) is 0 Å². The summed E-state index contributed by atoms with van der Waals surface area (Å²) in [5.74, 6) is 0. The predicted molar refractivity (Wildman–Crippen MR) is 260 cm³/mol. The summed E-state index contributed by atoms with van der Waals surface area (Å²) >= 11 is 0. The molecule has 3 aliphatic rings. The molecule has 0 fully saturated rings. The van der Waals surface area contributed by atoms with E-state index in [1.54, 1.807) is 0 Å². The smallest absolute Gasteiger partial charge is 0.0726 e. The maximum Gasteiger partial charge on any atom is 0.0726 e. The highest BCUT2D eigenvalue weighted by molar-refractivity contribution is 6.08. The lowest BCUT2D eigenvalue weighted by atomic mass is 9.65. The molecule has 3 aliphatic carbocycles. The van der Waals surface area contributed by atoms with E-state index in [-0.39, 0.29) is 0 Å². The molecule has 0 bridgehead atoms. The van der Waals surface area contributed by atoms with Crippen molar-refractivity contribution in [3.63, 3.8) is 0 Å². The largest absolute Gasteiger partial charge is 0.310 e. The van der Waals surface area contributed by atoms with Crippen LogP contribution in [0.3, 0.4) is 0 Å². The third-order valence-electron chi connectivity index (χ3n) is 14.1. The summed E-state index contributed by atoms with van der Waals surface area (Å²) in [5, 5.41) is 0. The van der Waals surface area contributed by atoms with Crippen LogP contribution >= 0.6 is 0 Å². The molecule has 294 valence electrons. The summed E-state index contributed by atoms with van der Waals surface area (Å²) in [4.78, 5) is 2.41. The average Bonchev–Trinajstić information content (AvgIpc) is 3.95. The zero-order valence-electron chi connectivity index (χ0n) is 34.6. The quantitative estimate of drug-likeness (QED) is 0.162. The highest BCUT2D eigenvalue weighted by atomic mass is 15.1. The number of para-hydroxylation sites is 2. The van der Waals surface area contributed by atoms with E-state index in [1.165, 1.54) is 89.0 Å². The first kappa shape index (κ1) is 35.7. The van der Waals surface area contributed by atoms with Crippen molar-refractivity contribution in [2.24, 2.45) is 0 Å². The van der Waals surface area contributed by atoms with Gasteiger partial charge in [0, 0.05) is 17.1 Å². The monoisotopic (exact) mass is 799 g/mol. The van der Waals surface area contributed by atoms with Crippen LogP contribution in [0.1, 0.15) is 44.5 Å². The maximum absolute atomic E-state index is 2.65. The fourth-order valence-corrected chi connectivity index (χ4v) is 11.8. The Labute approximate surface area is 368 Å². The van der Waals surface area contributed by atoms with Gasteiger partial charge in [-0.25, -0.2) is 0 Å². The van der Waals surface area contributed by atoms with E-state index in [0.717, 1.165) is 17.1 Å². The first-order valence-corrected chi connectivity index (χ1v) is 22.0. The Balaban J connectivity index is 1.23. The number of hydrogen-bond donors (Lipinski definition) is 0. The third-order valence-corrected chi connectivity index (χ3v) is 14.1. The third kappa shape index (κ3) is 4.82. The lowest BCUT2D eigenvalue weighted by Gasteiger charge is -2.36. The van der Waals surface area contributed by atoms with Crippen LogP contribution in [0.15, 0.2) is 249 Å². The Hall–Kier alpha value is -8.00. The molecule has 13 rings (SSSR count). The van der Waals surface area contributed by atoms with Gasteiger partial charge in [-0.05, 0) is 125 Å². The van der Waals surface area contributed by atoms with Gasteiger partial charge in [0.1, 0.15) is 0 Å². The molecule has 0 N–H and O–H groups in total. The molecule has 0 atom stereocenters. The van der Waals surface area contributed by atoms with Gasteiger partial charge >= 0.3 is 0 Å². The highest BCUT2D eigenvalue weighted by Gasteiger charge is 2.56. The SMILES string of the molecule is c1ccc(-c2c3c(cc4c2-c2ccc(N(c5ccccc5)c5ccccc5)cc2C42c4ccccc4-c4ccccc42)C(c2ccccc2)(c2ccccc2)c2ccccc2-3)cc1. The predicted octanol–water partition coefficient (Wildman–Crippen LogP) is 15.5. The van der Waals surface area contributed by atoms with Gasteiger partial charge in [-0.3, -0.25) is 0 Å². The summed E-state index contributed by atoms with van der Waals surface area (Å²) in [7, 11) is 0. The number of hydrogen-bond acceptors (Lipinski definition) is 1. The normalized spacial score (nSPS) is 14.0. The first-order chi connectivity index (χ1) is 31.3. The summed E-state index contributed by atoms with van der Waals surface area (Å²) in [6.45, 7) is 0. The summed E-state index contributed by atoms with van der Waals surface area (Å²) < 4.78 is 0. The lowest BCUT2D eigenvalue weighted by molar-refractivity contribution is 0.753. The van der Waals surface area contributed by atoms with Crippen molar-refractivity contribution < 1.29 is 0 Å². The topological polar surface area (TPSA) is 3.24 Å². The molecule has 0 heterocycles. The van der Waals surface area contributed by atoms with Crippen LogP contribution in [0, 0.1) is 0 Å². The second-order valence-electron chi connectivity index (χ2n) is 17.1. The molecule has 0 aliphatic heterocycles. The van der Waals surface area contributed by atoms with Gasteiger partial charge in [0.2, 0.25) is 0 Å². The maximum atomic E-state index is 2.65. The minimum absolute atomic E-state index is 0.580. The van der Waals surface area contributed by atoms with E-state index in [1.807, 2.05) is 0 Å². The molecule has 0 amide bonds. The van der Waals surface area contributed by atoms with Gasteiger partial charge in [0.25, 0.3) is 0 Å². The fourth-order valence-electron chi connectivity index (χ4n) is 11.8. The molecule has 10 aromatic rings. The van der Waals surface area contributed by atoms with Crippen LogP contribution in [0.25, 0.3) is 44.5 Å². The van der Waals surface area contributed by atoms with Crippen molar-refractivity contribution in [2.45, 2.75) is 10.8 Å². The van der Waals surface area contributed by atoms with Crippen molar-refractivity contribution >= 4 is 17.1 Å². The van der Waals surface area contributed by atoms with Crippen LogP contribution in [-0.2, 0) is 10.8 Å². The molecule has 1 nitrogen and oxygen atoms in total. The zero-order chi connectivity index (χ0) is 41.5. The van der Waals surface area contributed by atoms with E-state index in [4.69, 9.17) is 0 Å². The molecule has 0 saturated carbocycles. The number of nitrogens with zero attached hydrogens (tertiary/aromatic N) is 1. The number of fused-ring (bicyclic) bond motifs is 13. The average molecular weight is 800 g/mol. The zero-order valence-corrected chi connectivity index (χ0v) is 34.6. The van der Waals surface area contributed by atoms with Crippen LogP contribution in [0.5, 0.6) is 0 Å². The van der Waals surface area contributed by atoms with Gasteiger partial charge in [-0.1, -0.05) is 212 Å². The molecular formula is C62H41N. The number of rotatable bonds is 6. The molecule has 0 saturated heterocycles. The molecule has 1 heteroatoms. The standard InChI is InChI=1S/C62H41N/c1-6-22-42(23-7-1)58-59-50-34-18-21-37-54(50)61(43-24-8-2-9-25-43,44-26-10-3-11-27-44)56(59)41-57-60(58)51-39-38-47(63(45-28-12-4-13-29-45)46-30-14-5-15-31-46)40-55(51)62(57)52-35-19-16-32-48(52)49-33-17-20-36-53(49)62/h1-41H. The van der Waals surface area contributed by atoms with Crippen molar-refractivity contribution in [1.82, 2.24) is 0 Å². The van der Waals surface area contributed by atoms with Crippen LogP contribution < -0.4 is 4.90 Å². The fraction of sp³-hybridized carbons (Fsp3) is 0.0323. The summed E-state index contributed by atoms with van der Waals surface area (Å²) in [6, 6.07) is 92.8. The molecule has 1 spiro atoms. The van der Waals surface area contributed by atoms with E-state index in [9.17, 15) is 0 Å². The van der Waals surface area contributed by atoms with Gasteiger partial charge in [-0.2, -0.15) is 0 Å². The Morgan fingerprint density at radius 1 is 0.238 bits per heavy atom. The van der Waals surface area contributed by atoms with E-state index >= 15 is 0 Å². The highest BCUT2D eigenvalue weighted by Crippen LogP contribution is 2.68. The van der Waals surface area contributed by atoms with E-state index in [0.29, 0.717) is 0 Å². The van der Waals surface area contributed by atoms with Crippen LogP contribution in [0.4, 0.5) is 17.1 Å². The Kier molecular flexibility index (Phi) is 7.80. The summed E-state index contributed by atoms with van der Waals surface area (Å²) in [6.07, 6.45) is 0. The Bertz CT molecular complexity index is 3250. The van der Waals surface area contributed by atoms with Crippen molar-refractivity contribution in [3.8, 4) is 44.5 Å². The van der Waals surface area contributed by atoms with Crippen molar-refractivity contribution in [2.75, 3.05) is 4.90 Å². The van der Waals surface area contributed by atoms with Gasteiger partial charge in [-0.15, -0.1) is 0 Å². The second-order valence-corrected chi connectivity index (χ2v) is 17.1. The van der Waals surface area contributed by atoms with E-state index < -0.39 is 10.8 Å². The minimum Gasteiger partial charge on any atom is -0.310 e. The van der Waals surface area contributed by atoms with Crippen LogP contribution in [0.2, 0.25) is 0 Å². The molecule has 0 radical (unpaired) electrons. The van der Waals surface area contributed by atoms with E-state index in [2.05, 4.69) is 254 Å². The van der Waals surface area contributed by atoms with Crippen molar-refractivity contribution in [3.05, 3.63) is 293 Å². The summed E-state index contributed by atoms with van der Waals surface area (Å²) in [5.41, 5.74) is 22.9. The minimum atomic E-state index is -0.612. The first-order valence-electron chi connectivity index (χ1n) is 22.0. The molecule has 0 unspecified atom stereocenters. The molecule has 0 aromatic heterocycles. The Morgan fingerprint density at radius 2 is 0.635 bits per heavy atom. The molecule has 10 aromatic carbocycles. The molecule has 63 heavy (non-hydrogen) atoms. The van der Waals surface area contributed by atoms with Crippen LogP contribution in [-0.4, -0.2) is 0 Å². The molecular weight excluding hydrogens is 759 g/mol. The van der Waals surface area contributed by atoms with Crippen molar-refractivity contribution in [1.29, 1.82) is 0 Å². The number of benzene rings is 10. The Morgan fingerprint density at radius 3 is 1.16 bits per heavy atom.